The van der Waals surface area contributed by atoms with Crippen LogP contribution >= 0.6 is 12.2 Å². The van der Waals surface area contributed by atoms with E-state index in [4.69, 9.17) is 18.0 Å². The zero-order valence-corrected chi connectivity index (χ0v) is 12.1. The third kappa shape index (κ3) is 3.54. The molecule has 4 heteroatoms. The van der Waals surface area contributed by atoms with E-state index in [0.29, 0.717) is 17.8 Å². The highest BCUT2D eigenvalue weighted by Gasteiger charge is 2.05. The van der Waals surface area contributed by atoms with Gasteiger partial charge >= 0.3 is 0 Å². The number of hydrogen-bond donors (Lipinski definition) is 2. The molecule has 0 amide bonds. The lowest BCUT2D eigenvalue weighted by Crippen LogP contribution is -2.11. The van der Waals surface area contributed by atoms with Gasteiger partial charge in [0.15, 0.2) is 0 Å². The average Bonchev–Trinajstić information content (AvgIpc) is 2.42. The Labute approximate surface area is 123 Å². The largest absolute Gasteiger partial charge is 0.389 e. The van der Waals surface area contributed by atoms with Crippen LogP contribution in [0.25, 0.3) is 0 Å². The third-order valence-electron chi connectivity index (χ3n) is 3.22. The number of benzene rings is 2. The predicted molar refractivity (Wildman–Crippen MR) is 85.7 cm³/mol. The normalized spacial score (nSPS) is 10.3. The van der Waals surface area contributed by atoms with Crippen LogP contribution in [0.5, 0.6) is 0 Å². The molecule has 0 heterocycles. The summed E-state index contributed by atoms with van der Waals surface area (Å²) >= 11 is 4.82. The molecule has 0 radical (unpaired) electrons. The van der Waals surface area contributed by atoms with E-state index < -0.39 is 0 Å². The second-order valence-corrected chi connectivity index (χ2v) is 5.10. The van der Waals surface area contributed by atoms with Gasteiger partial charge in [-0.2, -0.15) is 0 Å². The molecule has 0 aromatic heterocycles. The summed E-state index contributed by atoms with van der Waals surface area (Å²) in [5, 5.41) is 3.10. The second-order valence-electron chi connectivity index (χ2n) is 4.66. The second kappa shape index (κ2) is 6.48. The van der Waals surface area contributed by atoms with Gasteiger partial charge in [0.25, 0.3) is 0 Å². The fourth-order valence-corrected chi connectivity index (χ4v) is 2.16. The van der Waals surface area contributed by atoms with Gasteiger partial charge in [-0.1, -0.05) is 36.5 Å². The Morgan fingerprint density at radius 1 is 1.25 bits per heavy atom. The Kier molecular flexibility index (Phi) is 4.69. The van der Waals surface area contributed by atoms with E-state index in [9.17, 15) is 4.39 Å². The smallest absolute Gasteiger partial charge is 0.146 e. The first-order valence-corrected chi connectivity index (χ1v) is 6.86. The molecule has 0 saturated carbocycles. The number of hydrogen-bond acceptors (Lipinski definition) is 2. The van der Waals surface area contributed by atoms with Crippen molar-refractivity contribution in [3.05, 3.63) is 65.0 Å². The standard InChI is InChI=1S/C16H17FN2S/c1-11-4-2-3-5-12(11)8-9-19-15-7-6-13(16(18)20)10-14(15)17/h2-7,10,19H,8-9H2,1H3,(H2,18,20). The van der Waals surface area contributed by atoms with Gasteiger partial charge in [-0.05, 0) is 42.7 Å². The molecular weight excluding hydrogens is 271 g/mol. The molecule has 2 rings (SSSR count). The summed E-state index contributed by atoms with van der Waals surface area (Å²) in [6, 6.07) is 12.9. The Morgan fingerprint density at radius 2 is 2.00 bits per heavy atom. The molecule has 3 N–H and O–H groups in total. The van der Waals surface area contributed by atoms with Gasteiger partial charge in [-0.25, -0.2) is 4.39 Å². The van der Waals surface area contributed by atoms with E-state index in [-0.39, 0.29) is 10.8 Å². The zero-order chi connectivity index (χ0) is 14.5. The van der Waals surface area contributed by atoms with Gasteiger partial charge < -0.3 is 11.1 Å². The van der Waals surface area contributed by atoms with Gasteiger partial charge in [-0.15, -0.1) is 0 Å². The fourth-order valence-electron chi connectivity index (χ4n) is 2.03. The number of aryl methyl sites for hydroxylation is 1. The maximum atomic E-state index is 13.8. The molecule has 0 bridgehead atoms. The highest BCUT2D eigenvalue weighted by atomic mass is 32.1. The summed E-state index contributed by atoms with van der Waals surface area (Å²) in [6.45, 7) is 2.75. The van der Waals surface area contributed by atoms with Crippen LogP contribution in [-0.4, -0.2) is 11.5 Å². The van der Waals surface area contributed by atoms with Crippen molar-refractivity contribution in [3.63, 3.8) is 0 Å². The van der Waals surface area contributed by atoms with Crippen molar-refractivity contribution in [2.24, 2.45) is 5.73 Å². The monoisotopic (exact) mass is 288 g/mol. The van der Waals surface area contributed by atoms with Crippen molar-refractivity contribution < 1.29 is 4.39 Å². The average molecular weight is 288 g/mol. The number of thiocarbonyl (C=S) groups is 1. The molecule has 20 heavy (non-hydrogen) atoms. The van der Waals surface area contributed by atoms with Crippen molar-refractivity contribution in [1.29, 1.82) is 0 Å². The minimum absolute atomic E-state index is 0.204. The highest BCUT2D eigenvalue weighted by molar-refractivity contribution is 7.80. The number of nitrogens with two attached hydrogens (primary N) is 1. The van der Waals surface area contributed by atoms with Crippen LogP contribution < -0.4 is 11.1 Å². The summed E-state index contributed by atoms with van der Waals surface area (Å²) in [5.74, 6) is -0.333. The molecule has 0 spiro atoms. The minimum Gasteiger partial charge on any atom is -0.389 e. The molecule has 0 saturated heterocycles. The van der Waals surface area contributed by atoms with Gasteiger partial charge in [0.05, 0.1) is 5.69 Å². The molecule has 0 unspecified atom stereocenters. The van der Waals surface area contributed by atoms with Crippen LogP contribution in [0.3, 0.4) is 0 Å². The number of rotatable bonds is 5. The first kappa shape index (κ1) is 14.5. The van der Waals surface area contributed by atoms with Gasteiger partial charge in [0.1, 0.15) is 10.8 Å². The molecule has 0 aliphatic carbocycles. The van der Waals surface area contributed by atoms with Crippen LogP contribution in [0.2, 0.25) is 0 Å². The molecule has 2 aromatic rings. The van der Waals surface area contributed by atoms with E-state index in [1.165, 1.54) is 17.2 Å². The quantitative estimate of drug-likeness (QED) is 0.828. The number of nitrogens with one attached hydrogen (secondary N) is 1. The van der Waals surface area contributed by atoms with Crippen LogP contribution in [0.15, 0.2) is 42.5 Å². The molecule has 104 valence electrons. The minimum atomic E-state index is -0.333. The summed E-state index contributed by atoms with van der Waals surface area (Å²) < 4.78 is 13.8. The highest BCUT2D eigenvalue weighted by Crippen LogP contribution is 2.16. The topological polar surface area (TPSA) is 38.0 Å². The van der Waals surface area contributed by atoms with Crippen molar-refractivity contribution in [3.8, 4) is 0 Å². The van der Waals surface area contributed by atoms with Crippen molar-refractivity contribution in [1.82, 2.24) is 0 Å². The predicted octanol–water partition coefficient (Wildman–Crippen LogP) is 3.42. The summed E-state index contributed by atoms with van der Waals surface area (Å²) in [7, 11) is 0. The molecule has 2 aromatic carbocycles. The maximum absolute atomic E-state index is 13.8. The molecule has 0 atom stereocenters. The SMILES string of the molecule is Cc1ccccc1CCNc1ccc(C(N)=S)cc1F. The Balaban J connectivity index is 1.98. The number of anilines is 1. The lowest BCUT2D eigenvalue weighted by atomic mass is 10.1. The molecule has 0 fully saturated rings. The fraction of sp³-hybridized carbons (Fsp3) is 0.188. The Morgan fingerprint density at radius 3 is 2.65 bits per heavy atom. The van der Waals surface area contributed by atoms with Gasteiger partial charge in [-0.3, -0.25) is 0 Å². The van der Waals surface area contributed by atoms with E-state index in [1.807, 2.05) is 12.1 Å². The molecule has 0 aliphatic rings. The molecular formula is C16H17FN2S. The Bertz CT molecular complexity index is 626. The van der Waals surface area contributed by atoms with Gasteiger partial charge in [0.2, 0.25) is 0 Å². The van der Waals surface area contributed by atoms with E-state index >= 15 is 0 Å². The van der Waals surface area contributed by atoms with E-state index in [0.717, 1.165) is 6.42 Å². The third-order valence-corrected chi connectivity index (χ3v) is 3.46. The Hall–Kier alpha value is -1.94. The number of halogens is 1. The molecule has 0 aliphatic heterocycles. The van der Waals surface area contributed by atoms with Crippen molar-refractivity contribution in [2.75, 3.05) is 11.9 Å². The summed E-state index contributed by atoms with van der Waals surface area (Å²) in [5.41, 5.74) is 9.00. The summed E-state index contributed by atoms with van der Waals surface area (Å²) in [6.07, 6.45) is 0.850. The lowest BCUT2D eigenvalue weighted by Gasteiger charge is -2.10. The van der Waals surface area contributed by atoms with E-state index in [1.54, 1.807) is 12.1 Å². The maximum Gasteiger partial charge on any atom is 0.146 e. The lowest BCUT2D eigenvalue weighted by molar-refractivity contribution is 0.630. The zero-order valence-electron chi connectivity index (χ0n) is 11.3. The first-order valence-electron chi connectivity index (χ1n) is 6.45. The van der Waals surface area contributed by atoms with Crippen LogP contribution in [0, 0.1) is 12.7 Å². The van der Waals surface area contributed by atoms with Crippen LogP contribution in [0.1, 0.15) is 16.7 Å². The summed E-state index contributed by atoms with van der Waals surface area (Å²) in [4.78, 5) is 0.204. The van der Waals surface area contributed by atoms with Crippen LogP contribution in [0.4, 0.5) is 10.1 Å². The van der Waals surface area contributed by atoms with Crippen LogP contribution in [-0.2, 0) is 6.42 Å². The molecule has 2 nitrogen and oxygen atoms in total. The first-order chi connectivity index (χ1) is 9.58. The van der Waals surface area contributed by atoms with Gasteiger partial charge in [0, 0.05) is 12.1 Å². The van der Waals surface area contributed by atoms with Crippen molar-refractivity contribution >= 4 is 22.9 Å². The van der Waals surface area contributed by atoms with E-state index in [2.05, 4.69) is 24.4 Å². The van der Waals surface area contributed by atoms with Crippen molar-refractivity contribution in [2.45, 2.75) is 13.3 Å².